The average molecular weight is 324 g/mol. The van der Waals surface area contributed by atoms with Gasteiger partial charge in [-0.25, -0.2) is 13.2 Å². The van der Waals surface area contributed by atoms with Crippen molar-refractivity contribution in [3.63, 3.8) is 0 Å². The van der Waals surface area contributed by atoms with Crippen molar-refractivity contribution in [2.75, 3.05) is 0 Å². The molecule has 1 aromatic heterocycles. The van der Waals surface area contributed by atoms with Gasteiger partial charge in [0.25, 0.3) is 12.3 Å². The molecule has 0 aliphatic heterocycles. The number of hydrogen-bond donors (Lipinski definition) is 1. The molecule has 2 aromatic rings. The fourth-order valence-corrected chi connectivity index (χ4v) is 2.87. The second-order valence-electron chi connectivity index (χ2n) is 5.67. The molecule has 4 nitrogen and oxygen atoms in total. The molecule has 0 atom stereocenters. The van der Waals surface area contributed by atoms with E-state index < -0.39 is 18.1 Å². The van der Waals surface area contributed by atoms with E-state index in [1.54, 1.807) is 18.2 Å². The first-order chi connectivity index (χ1) is 11.0. The molecular weight excluding hydrogens is 309 g/mol. The molecular formula is C16H15F3N2O2. The number of aromatic nitrogens is 1. The Morgan fingerprint density at radius 2 is 2.04 bits per heavy atom. The summed E-state index contributed by atoms with van der Waals surface area (Å²) in [6.45, 7) is 1.44. The summed E-state index contributed by atoms with van der Waals surface area (Å²) in [6.07, 6.45) is -1.76. The quantitative estimate of drug-likeness (QED) is 0.932. The van der Waals surface area contributed by atoms with Gasteiger partial charge in [-0.1, -0.05) is 23.4 Å². The first-order valence-electron chi connectivity index (χ1n) is 7.27. The number of rotatable bonds is 4. The van der Waals surface area contributed by atoms with Crippen LogP contribution in [-0.2, 0) is 0 Å². The van der Waals surface area contributed by atoms with E-state index in [0.29, 0.717) is 18.4 Å². The second kappa shape index (κ2) is 6.06. The third-order valence-corrected chi connectivity index (χ3v) is 4.13. The Bertz CT molecular complexity index is 724. The van der Waals surface area contributed by atoms with Crippen molar-refractivity contribution in [3.8, 4) is 0 Å². The highest BCUT2D eigenvalue weighted by atomic mass is 19.3. The maximum absolute atomic E-state index is 13.7. The van der Waals surface area contributed by atoms with Gasteiger partial charge in [-0.3, -0.25) is 4.79 Å². The molecule has 122 valence electrons. The Kier molecular flexibility index (Phi) is 4.11. The van der Waals surface area contributed by atoms with Crippen LogP contribution in [0.4, 0.5) is 13.2 Å². The molecule has 0 spiro atoms. The van der Waals surface area contributed by atoms with Gasteiger partial charge in [0.2, 0.25) is 5.76 Å². The highest BCUT2D eigenvalue weighted by Crippen LogP contribution is 2.38. The van der Waals surface area contributed by atoms with E-state index in [2.05, 4.69) is 15.0 Å². The Labute approximate surface area is 130 Å². The molecule has 1 aliphatic carbocycles. The van der Waals surface area contributed by atoms with Crippen molar-refractivity contribution in [1.29, 1.82) is 0 Å². The number of carbonyl (C=O) groups excluding carboxylic acids is 1. The number of nitrogens with zero attached hydrogens (tertiary/aromatic N) is 1. The summed E-state index contributed by atoms with van der Waals surface area (Å²) < 4.78 is 43.8. The average Bonchev–Trinajstić information content (AvgIpc) is 2.85. The van der Waals surface area contributed by atoms with Gasteiger partial charge in [-0.05, 0) is 37.3 Å². The molecule has 0 unspecified atom stereocenters. The van der Waals surface area contributed by atoms with E-state index in [0.717, 1.165) is 0 Å². The molecule has 1 saturated carbocycles. The minimum atomic E-state index is -2.90. The maximum Gasteiger partial charge on any atom is 0.298 e. The lowest BCUT2D eigenvalue weighted by Gasteiger charge is -2.36. The Hall–Kier alpha value is -2.31. The van der Waals surface area contributed by atoms with E-state index >= 15 is 0 Å². The Balaban J connectivity index is 1.63. The summed E-state index contributed by atoms with van der Waals surface area (Å²) in [5, 5.41) is 6.10. The number of aryl methyl sites for hydroxylation is 1. The number of nitrogens with one attached hydrogen (secondary N) is 1. The summed E-state index contributed by atoms with van der Waals surface area (Å²) in [6, 6.07) is 6.33. The van der Waals surface area contributed by atoms with E-state index in [-0.39, 0.29) is 29.0 Å². The van der Waals surface area contributed by atoms with Crippen LogP contribution in [0.3, 0.4) is 0 Å². The van der Waals surface area contributed by atoms with Gasteiger partial charge in [0.15, 0.2) is 0 Å². The number of benzene rings is 1. The molecule has 0 radical (unpaired) electrons. The smallest absolute Gasteiger partial charge is 0.298 e. The van der Waals surface area contributed by atoms with E-state index in [1.165, 1.54) is 13.0 Å². The summed E-state index contributed by atoms with van der Waals surface area (Å²) in [4.78, 5) is 12.1. The predicted molar refractivity (Wildman–Crippen MR) is 75.8 cm³/mol. The zero-order valence-corrected chi connectivity index (χ0v) is 12.4. The topological polar surface area (TPSA) is 55.1 Å². The molecule has 23 heavy (non-hydrogen) atoms. The fraction of sp³-hybridized carbons (Fsp3) is 0.375. The van der Waals surface area contributed by atoms with Crippen molar-refractivity contribution >= 4 is 5.91 Å². The molecule has 7 heteroatoms. The molecule has 1 amide bonds. The molecule has 3 rings (SSSR count). The van der Waals surface area contributed by atoms with Crippen LogP contribution in [-0.4, -0.2) is 17.1 Å². The monoisotopic (exact) mass is 324 g/mol. The number of alkyl halides is 2. The lowest BCUT2D eigenvalue weighted by molar-refractivity contribution is 0.0869. The van der Waals surface area contributed by atoms with Gasteiger partial charge in [0, 0.05) is 6.04 Å². The second-order valence-corrected chi connectivity index (χ2v) is 5.67. The largest absolute Gasteiger partial charge is 0.354 e. The third kappa shape index (κ3) is 2.95. The van der Waals surface area contributed by atoms with Crippen LogP contribution in [0.2, 0.25) is 0 Å². The van der Waals surface area contributed by atoms with E-state index in [9.17, 15) is 18.0 Å². The van der Waals surface area contributed by atoms with Crippen LogP contribution >= 0.6 is 0 Å². The van der Waals surface area contributed by atoms with Crippen LogP contribution < -0.4 is 5.32 Å². The van der Waals surface area contributed by atoms with Crippen molar-refractivity contribution < 1.29 is 22.5 Å². The van der Waals surface area contributed by atoms with Crippen molar-refractivity contribution in [3.05, 3.63) is 52.7 Å². The SMILES string of the molecule is Cc1noc(C(F)F)c1C(=O)NC1CC(c2ccccc2F)C1. The molecule has 0 saturated heterocycles. The van der Waals surface area contributed by atoms with Crippen LogP contribution in [0.1, 0.15) is 52.6 Å². The van der Waals surface area contributed by atoms with Gasteiger partial charge in [-0.15, -0.1) is 0 Å². The summed E-state index contributed by atoms with van der Waals surface area (Å²) in [5.74, 6) is -1.59. The lowest BCUT2D eigenvalue weighted by atomic mass is 9.75. The van der Waals surface area contributed by atoms with Crippen molar-refractivity contribution in [1.82, 2.24) is 10.5 Å². The summed E-state index contributed by atoms with van der Waals surface area (Å²) in [7, 11) is 0. The molecule has 0 bridgehead atoms. The third-order valence-electron chi connectivity index (χ3n) is 4.13. The number of hydrogen-bond acceptors (Lipinski definition) is 3. The van der Waals surface area contributed by atoms with Gasteiger partial charge >= 0.3 is 0 Å². The standard InChI is InChI=1S/C16H15F3N2O2/c1-8-13(14(15(18)19)23-21-8)16(22)20-10-6-9(7-10)11-4-2-3-5-12(11)17/h2-5,9-10,15H,6-7H2,1H3,(H,20,22). The van der Waals surface area contributed by atoms with Crippen molar-refractivity contribution in [2.45, 2.75) is 38.2 Å². The summed E-state index contributed by atoms with van der Waals surface area (Å²) >= 11 is 0. The minimum absolute atomic E-state index is 0.0274. The molecule has 1 heterocycles. The summed E-state index contributed by atoms with van der Waals surface area (Å²) in [5.41, 5.74) is 0.532. The normalized spacial score (nSPS) is 20.4. The zero-order chi connectivity index (χ0) is 16.6. The van der Waals surface area contributed by atoms with Crippen LogP contribution in [0.25, 0.3) is 0 Å². The highest BCUT2D eigenvalue weighted by molar-refractivity contribution is 5.96. The van der Waals surface area contributed by atoms with Crippen LogP contribution in [0, 0.1) is 12.7 Å². The fourth-order valence-electron chi connectivity index (χ4n) is 2.87. The van der Waals surface area contributed by atoms with E-state index in [1.807, 2.05) is 0 Å². The number of carbonyl (C=O) groups is 1. The molecule has 1 N–H and O–H groups in total. The predicted octanol–water partition coefficient (Wildman–Crippen LogP) is 3.74. The first-order valence-corrected chi connectivity index (χ1v) is 7.27. The molecule has 1 fully saturated rings. The zero-order valence-electron chi connectivity index (χ0n) is 12.4. The molecule has 1 aliphatic rings. The van der Waals surface area contributed by atoms with Gasteiger partial charge in [-0.2, -0.15) is 0 Å². The van der Waals surface area contributed by atoms with E-state index in [4.69, 9.17) is 0 Å². The van der Waals surface area contributed by atoms with Crippen LogP contribution in [0.15, 0.2) is 28.8 Å². The number of amides is 1. The Morgan fingerprint density at radius 3 is 2.70 bits per heavy atom. The minimum Gasteiger partial charge on any atom is -0.354 e. The maximum atomic E-state index is 13.7. The number of halogens is 3. The van der Waals surface area contributed by atoms with Crippen molar-refractivity contribution in [2.24, 2.45) is 0 Å². The van der Waals surface area contributed by atoms with Gasteiger partial charge < -0.3 is 9.84 Å². The van der Waals surface area contributed by atoms with Gasteiger partial charge in [0.05, 0.1) is 5.69 Å². The van der Waals surface area contributed by atoms with Gasteiger partial charge in [0.1, 0.15) is 11.4 Å². The molecule has 1 aromatic carbocycles. The Morgan fingerprint density at radius 1 is 1.35 bits per heavy atom. The lowest BCUT2D eigenvalue weighted by Crippen LogP contribution is -2.43. The highest BCUT2D eigenvalue weighted by Gasteiger charge is 2.35. The first kappa shape index (κ1) is 15.6. The van der Waals surface area contributed by atoms with Crippen LogP contribution in [0.5, 0.6) is 0 Å².